The Hall–Kier alpha value is -9.57. The van der Waals surface area contributed by atoms with Crippen molar-refractivity contribution in [2.75, 3.05) is 9.80 Å². The summed E-state index contributed by atoms with van der Waals surface area (Å²) in [4.78, 5) is 20.7. The first kappa shape index (κ1) is 44.7. The topological polar surface area (TPSA) is 23.6 Å². The second kappa shape index (κ2) is 17.2. The summed E-state index contributed by atoms with van der Waals surface area (Å²) in [7, 11) is 0. The molecule has 0 heterocycles. The Labute approximate surface area is 455 Å². The zero-order chi connectivity index (χ0) is 51.5. The van der Waals surface area contributed by atoms with Crippen LogP contribution in [0.2, 0.25) is 0 Å². The molecule has 0 N–H and O–H groups in total. The van der Waals surface area contributed by atoms with Crippen LogP contribution < -0.4 is 9.80 Å². The fourth-order valence-electron chi connectivity index (χ4n) is 15.2. The number of nitrogens with zero attached hydrogens (tertiary/aromatic N) is 2. The molecule has 0 aliphatic heterocycles. The van der Waals surface area contributed by atoms with Crippen LogP contribution in [0.4, 0.5) is 28.4 Å². The molecule has 6 aliphatic rings. The Morgan fingerprint density at radius 3 is 1.36 bits per heavy atom. The number of carbonyl (C=O) groups excluding carboxylic acids is 1. The van der Waals surface area contributed by atoms with E-state index in [1.165, 1.54) is 66.8 Å². The van der Waals surface area contributed by atoms with Crippen molar-refractivity contribution in [2.45, 2.75) is 22.7 Å². The van der Waals surface area contributed by atoms with Gasteiger partial charge < -0.3 is 9.80 Å². The van der Waals surface area contributed by atoms with Crippen LogP contribution in [0.15, 0.2) is 297 Å². The SMILES string of the molecule is O=C(c1ccc2c(c1)C1(c3ccccc3-2)c2ccccc2C2C=CC=CC21)c1ccc2c(c1)C1(c3ccccc3-2)c2cc(N(c3ccccc3)c3ccccc3)ccc2C2C=CC(N(c3ccccc3)c3ccccc3)=CC21. The Morgan fingerprint density at radius 2 is 0.782 bits per heavy atom. The molecule has 6 atom stereocenters. The molecule has 10 aromatic carbocycles. The molecular formula is C75H52N2O. The van der Waals surface area contributed by atoms with Crippen molar-refractivity contribution in [1.29, 1.82) is 0 Å². The van der Waals surface area contributed by atoms with E-state index in [-0.39, 0.29) is 29.5 Å². The van der Waals surface area contributed by atoms with Crippen molar-refractivity contribution >= 4 is 34.2 Å². The largest absolute Gasteiger partial charge is 0.311 e. The average Bonchev–Trinajstić information content (AvgIpc) is 4.39. The standard InChI is InChI=1S/C75H52N2O/c78-73(49-37-41-61-59-31-15-19-35-67(59)74(69(61)45-49)65-33-17-13-29-57(65)58-30-14-18-34-66(58)74)50-38-42-62-60-32-16-20-36-68(60)75(70(62)46-50)71-47-55(76(51-21-5-1-6-22-51)52-23-7-2-8-24-52)39-43-63(71)64-44-40-56(48-72(64)75)77(53-25-9-3-10-26-53)54-27-11-4-12-28-54/h1-48,57,63,65,71H. The molecule has 0 amide bonds. The van der Waals surface area contributed by atoms with Crippen molar-refractivity contribution < 1.29 is 4.79 Å². The van der Waals surface area contributed by atoms with Crippen LogP contribution in [-0.4, -0.2) is 5.78 Å². The Bertz CT molecular complexity index is 4130. The van der Waals surface area contributed by atoms with Crippen molar-refractivity contribution in [1.82, 2.24) is 0 Å². The normalized spacial score (nSPS) is 21.7. The van der Waals surface area contributed by atoms with Gasteiger partial charge >= 0.3 is 0 Å². The minimum atomic E-state index is -0.681. The second-order valence-corrected chi connectivity index (χ2v) is 21.8. The van der Waals surface area contributed by atoms with Gasteiger partial charge in [-0.05, 0) is 146 Å². The van der Waals surface area contributed by atoms with Crippen LogP contribution in [0, 0.1) is 11.8 Å². The maximum absolute atomic E-state index is 15.9. The zero-order valence-electron chi connectivity index (χ0n) is 42.8. The van der Waals surface area contributed by atoms with Crippen LogP contribution in [0.5, 0.6) is 0 Å². The van der Waals surface area contributed by atoms with Gasteiger partial charge in [-0.25, -0.2) is 0 Å². The molecule has 16 rings (SSSR count). The lowest BCUT2D eigenvalue weighted by Gasteiger charge is -2.39. The molecule has 78 heavy (non-hydrogen) atoms. The number of carbonyl (C=O) groups is 1. The molecule has 3 nitrogen and oxygen atoms in total. The highest BCUT2D eigenvalue weighted by molar-refractivity contribution is 6.10. The molecule has 368 valence electrons. The number of allylic oxidation sites excluding steroid dienone is 7. The van der Waals surface area contributed by atoms with Gasteiger partial charge in [0, 0.05) is 68.9 Å². The van der Waals surface area contributed by atoms with Gasteiger partial charge in [0.15, 0.2) is 5.78 Å². The van der Waals surface area contributed by atoms with Gasteiger partial charge in [0.25, 0.3) is 0 Å². The van der Waals surface area contributed by atoms with Gasteiger partial charge in [-0.15, -0.1) is 0 Å². The van der Waals surface area contributed by atoms with E-state index in [0.717, 1.165) is 34.1 Å². The average molecular weight is 997 g/mol. The monoisotopic (exact) mass is 996 g/mol. The minimum Gasteiger partial charge on any atom is -0.311 e. The highest BCUT2D eigenvalue weighted by atomic mass is 16.1. The first-order valence-electron chi connectivity index (χ1n) is 27.5. The highest BCUT2D eigenvalue weighted by Gasteiger charge is 2.59. The van der Waals surface area contributed by atoms with Gasteiger partial charge in [0.1, 0.15) is 0 Å². The summed E-state index contributed by atoms with van der Waals surface area (Å²) in [6, 6.07) is 90.3. The number of para-hydroxylation sites is 4. The molecule has 0 radical (unpaired) electrons. The smallest absolute Gasteiger partial charge is 0.193 e. The Balaban J connectivity index is 0.910. The number of hydrogen-bond donors (Lipinski definition) is 0. The van der Waals surface area contributed by atoms with Crippen LogP contribution >= 0.6 is 0 Å². The van der Waals surface area contributed by atoms with Gasteiger partial charge in [-0.1, -0.05) is 212 Å². The number of anilines is 5. The van der Waals surface area contributed by atoms with Crippen molar-refractivity contribution in [3.05, 3.63) is 353 Å². The van der Waals surface area contributed by atoms with E-state index in [9.17, 15) is 0 Å². The molecule has 0 saturated heterocycles. The Morgan fingerprint density at radius 1 is 0.333 bits per heavy atom. The predicted molar refractivity (Wildman–Crippen MR) is 318 cm³/mol. The van der Waals surface area contributed by atoms with E-state index in [1.807, 2.05) is 0 Å². The maximum atomic E-state index is 15.9. The highest BCUT2D eigenvalue weighted by Crippen LogP contribution is 2.68. The predicted octanol–water partition coefficient (Wildman–Crippen LogP) is 17.9. The third kappa shape index (κ3) is 6.19. The van der Waals surface area contributed by atoms with Crippen LogP contribution in [0.3, 0.4) is 0 Å². The van der Waals surface area contributed by atoms with Gasteiger partial charge in [-0.3, -0.25) is 4.79 Å². The number of hydrogen-bond acceptors (Lipinski definition) is 3. The second-order valence-electron chi connectivity index (χ2n) is 21.8. The first-order valence-corrected chi connectivity index (χ1v) is 27.5. The summed E-state index contributed by atoms with van der Waals surface area (Å²) in [5, 5.41) is 0. The molecule has 6 aliphatic carbocycles. The summed E-state index contributed by atoms with van der Waals surface area (Å²) in [5.74, 6) is 0.429. The number of benzene rings is 10. The van der Waals surface area contributed by atoms with Crippen molar-refractivity contribution in [2.24, 2.45) is 11.8 Å². The van der Waals surface area contributed by atoms with Gasteiger partial charge in [0.05, 0.1) is 10.8 Å². The summed E-state index contributed by atoms with van der Waals surface area (Å²) < 4.78 is 0. The van der Waals surface area contributed by atoms with Crippen LogP contribution in [-0.2, 0) is 10.8 Å². The molecular weight excluding hydrogens is 945 g/mol. The molecule has 0 fully saturated rings. The molecule has 10 aromatic rings. The van der Waals surface area contributed by atoms with Gasteiger partial charge in [-0.2, -0.15) is 0 Å². The third-order valence-corrected chi connectivity index (χ3v) is 18.2. The molecule has 0 bridgehead atoms. The minimum absolute atomic E-state index is 0.0293. The summed E-state index contributed by atoms with van der Waals surface area (Å²) >= 11 is 0. The van der Waals surface area contributed by atoms with E-state index in [4.69, 9.17) is 0 Å². The van der Waals surface area contributed by atoms with E-state index >= 15 is 4.79 Å². The van der Waals surface area contributed by atoms with E-state index in [2.05, 4.69) is 301 Å². The Kier molecular flexibility index (Phi) is 9.87. The lowest BCUT2D eigenvalue weighted by Crippen LogP contribution is -2.34. The summed E-state index contributed by atoms with van der Waals surface area (Å²) in [6.45, 7) is 0. The lowest BCUT2D eigenvalue weighted by molar-refractivity contribution is 0.103. The first-order chi connectivity index (χ1) is 38.6. The van der Waals surface area contributed by atoms with E-state index in [1.54, 1.807) is 0 Å². The van der Waals surface area contributed by atoms with E-state index < -0.39 is 10.8 Å². The fraction of sp³-hybridized carbons (Fsp3) is 0.0800. The van der Waals surface area contributed by atoms with Crippen molar-refractivity contribution in [3.8, 4) is 22.3 Å². The number of ketones is 1. The molecule has 0 aromatic heterocycles. The zero-order valence-corrected chi connectivity index (χ0v) is 42.8. The quantitative estimate of drug-likeness (QED) is 0.142. The fourth-order valence-corrected chi connectivity index (χ4v) is 15.2. The van der Waals surface area contributed by atoms with Crippen LogP contribution in [0.1, 0.15) is 72.3 Å². The van der Waals surface area contributed by atoms with Crippen molar-refractivity contribution in [3.63, 3.8) is 0 Å². The summed E-state index contributed by atoms with van der Waals surface area (Å²) in [5.41, 5.74) is 21.9. The van der Waals surface area contributed by atoms with E-state index in [0.29, 0.717) is 11.1 Å². The summed E-state index contributed by atoms with van der Waals surface area (Å²) in [6.07, 6.45) is 16.6. The lowest BCUT2D eigenvalue weighted by atomic mass is 9.65. The molecule has 6 unspecified atom stereocenters. The third-order valence-electron chi connectivity index (χ3n) is 18.2. The molecule has 0 saturated carbocycles. The molecule has 3 heteroatoms. The van der Waals surface area contributed by atoms with Gasteiger partial charge in [0.2, 0.25) is 0 Å². The number of fused-ring (bicyclic) bond motifs is 20. The maximum Gasteiger partial charge on any atom is 0.193 e. The molecule has 2 spiro atoms. The number of rotatable bonds is 8. The van der Waals surface area contributed by atoms with Crippen LogP contribution in [0.25, 0.3) is 22.3 Å².